The van der Waals surface area contributed by atoms with Crippen LogP contribution in [0.2, 0.25) is 0 Å². The molecule has 0 saturated heterocycles. The molecule has 2 aromatic carbocycles. The lowest BCUT2D eigenvalue weighted by molar-refractivity contribution is -0.152. The molecule has 0 aliphatic carbocycles. The molecule has 0 saturated carbocycles. The fraction of sp³-hybridized carbons (Fsp3) is 0.333. The summed E-state index contributed by atoms with van der Waals surface area (Å²) in [5, 5.41) is 0.499. The topological polar surface area (TPSA) is 34.0 Å². The number of alkyl halides is 3. The van der Waals surface area contributed by atoms with Crippen molar-refractivity contribution in [2.45, 2.75) is 44.3 Å². The fourth-order valence-electron chi connectivity index (χ4n) is 3.01. The van der Waals surface area contributed by atoms with Gasteiger partial charge in [0.25, 0.3) is 0 Å². The maximum Gasteiger partial charge on any atom is 0.408 e. The molecule has 0 bridgehead atoms. The van der Waals surface area contributed by atoms with E-state index in [0.29, 0.717) is 17.4 Å². The summed E-state index contributed by atoms with van der Waals surface area (Å²) in [6, 6.07) is 14.5. The Morgan fingerprint density at radius 1 is 1.00 bits per heavy atom. The summed E-state index contributed by atoms with van der Waals surface area (Å²) >= 11 is 0. The van der Waals surface area contributed by atoms with Crippen molar-refractivity contribution >= 4 is 21.9 Å². The Labute approximate surface area is 165 Å². The largest absolute Gasteiger partial charge is 0.408 e. The van der Waals surface area contributed by atoms with Crippen LogP contribution in [0.3, 0.4) is 0 Å². The van der Waals surface area contributed by atoms with Crippen LogP contribution in [0.1, 0.15) is 37.9 Å². The fourth-order valence-corrected chi connectivity index (χ4v) is 3.83. The van der Waals surface area contributed by atoms with Gasteiger partial charge in [-0.05, 0) is 32.4 Å². The zero-order valence-electron chi connectivity index (χ0n) is 16.0. The van der Waals surface area contributed by atoms with Crippen LogP contribution in [0, 0.1) is 0 Å². The van der Waals surface area contributed by atoms with Crippen LogP contribution in [0.5, 0.6) is 0 Å². The van der Waals surface area contributed by atoms with Crippen molar-refractivity contribution in [1.82, 2.24) is 9.29 Å². The molecule has 7 heteroatoms. The lowest BCUT2D eigenvalue weighted by atomic mass is 10.1. The number of rotatable bonds is 5. The van der Waals surface area contributed by atoms with Crippen LogP contribution < -0.4 is 4.72 Å². The molecule has 0 spiro atoms. The highest BCUT2D eigenvalue weighted by Gasteiger charge is 2.44. The first-order valence-electron chi connectivity index (χ1n) is 8.94. The van der Waals surface area contributed by atoms with Gasteiger partial charge in [0.05, 0.1) is 15.7 Å². The van der Waals surface area contributed by atoms with E-state index < -0.39 is 28.0 Å². The average molecular weight is 408 g/mol. The lowest BCUT2D eigenvalue weighted by Crippen LogP contribution is -2.41. The molecule has 0 aliphatic heterocycles. The summed E-state index contributed by atoms with van der Waals surface area (Å²) in [4.78, 5) is 0. The van der Waals surface area contributed by atoms with Crippen LogP contribution >= 0.6 is 0 Å². The molecule has 2 atom stereocenters. The standard InChI is InChI=1S/C21H23F3N2OS/c1-20(2,3)28(27)25-19(21(22,23)24)17-14-26(13-15-9-5-4-6-10-15)18-12-8-7-11-16(17)18/h4-12,14,19,25H,13H2,1-3H3. The Balaban J connectivity index is 2.08. The molecule has 3 aromatic rings. The van der Waals surface area contributed by atoms with E-state index in [0.717, 1.165) is 5.56 Å². The van der Waals surface area contributed by atoms with Crippen LogP contribution in [0.25, 0.3) is 10.9 Å². The summed E-state index contributed by atoms with van der Waals surface area (Å²) in [5.41, 5.74) is 1.78. The molecule has 1 aromatic heterocycles. The maximum absolute atomic E-state index is 13.9. The van der Waals surface area contributed by atoms with Crippen molar-refractivity contribution in [2.75, 3.05) is 0 Å². The summed E-state index contributed by atoms with van der Waals surface area (Å²) in [6.45, 7) is 5.38. The molecular formula is C21H23F3N2OS. The van der Waals surface area contributed by atoms with Crippen molar-refractivity contribution in [2.24, 2.45) is 0 Å². The van der Waals surface area contributed by atoms with Gasteiger partial charge in [0.15, 0.2) is 0 Å². The minimum absolute atomic E-state index is 0.0802. The van der Waals surface area contributed by atoms with E-state index in [2.05, 4.69) is 4.72 Å². The second-order valence-electron chi connectivity index (χ2n) is 7.69. The molecule has 2 unspecified atom stereocenters. The Hall–Kier alpha value is -2.12. The third-order valence-electron chi connectivity index (χ3n) is 4.43. The smallest absolute Gasteiger partial charge is 0.343 e. The predicted molar refractivity (Wildman–Crippen MR) is 107 cm³/mol. The molecule has 3 nitrogen and oxygen atoms in total. The predicted octanol–water partition coefficient (Wildman–Crippen LogP) is 5.34. The van der Waals surface area contributed by atoms with Gasteiger partial charge in [-0.15, -0.1) is 0 Å². The maximum atomic E-state index is 13.9. The Morgan fingerprint density at radius 3 is 2.21 bits per heavy atom. The molecule has 0 aliphatic rings. The highest BCUT2D eigenvalue weighted by Crippen LogP contribution is 2.38. The van der Waals surface area contributed by atoms with E-state index in [9.17, 15) is 17.4 Å². The van der Waals surface area contributed by atoms with Gasteiger partial charge < -0.3 is 4.57 Å². The SMILES string of the molecule is CC(C)(C)S(=O)NC(c1cn(Cc2ccccc2)c2ccccc12)C(F)(F)F. The summed E-state index contributed by atoms with van der Waals surface area (Å²) in [7, 11) is -1.87. The quantitative estimate of drug-likeness (QED) is 0.607. The van der Waals surface area contributed by atoms with Crippen LogP contribution in [-0.4, -0.2) is 19.7 Å². The van der Waals surface area contributed by atoms with E-state index in [1.807, 2.05) is 30.3 Å². The molecule has 150 valence electrons. The average Bonchev–Trinajstić information content (AvgIpc) is 2.97. The molecule has 0 fully saturated rings. The van der Waals surface area contributed by atoms with Gasteiger partial charge in [0.2, 0.25) is 0 Å². The first kappa shape index (κ1) is 20.6. The molecule has 1 N–H and O–H groups in total. The van der Waals surface area contributed by atoms with Gasteiger partial charge in [-0.25, -0.2) is 8.93 Å². The summed E-state index contributed by atoms with van der Waals surface area (Å²) in [5.74, 6) is 0. The van der Waals surface area contributed by atoms with Crippen LogP contribution in [0.15, 0.2) is 60.8 Å². The third kappa shape index (κ3) is 4.47. The van der Waals surface area contributed by atoms with Gasteiger partial charge in [-0.3, -0.25) is 0 Å². The number of fused-ring (bicyclic) bond motifs is 1. The van der Waals surface area contributed by atoms with Gasteiger partial charge in [0.1, 0.15) is 6.04 Å². The number of para-hydroxylation sites is 1. The second kappa shape index (κ2) is 7.72. The lowest BCUT2D eigenvalue weighted by Gasteiger charge is -2.25. The molecule has 1 heterocycles. The zero-order valence-corrected chi connectivity index (χ0v) is 16.8. The second-order valence-corrected chi connectivity index (χ2v) is 9.69. The highest BCUT2D eigenvalue weighted by molar-refractivity contribution is 7.84. The van der Waals surface area contributed by atoms with Crippen LogP contribution in [0.4, 0.5) is 13.2 Å². The minimum atomic E-state index is -4.58. The minimum Gasteiger partial charge on any atom is -0.343 e. The van der Waals surface area contributed by atoms with E-state index >= 15 is 0 Å². The van der Waals surface area contributed by atoms with E-state index in [4.69, 9.17) is 0 Å². The molecule has 3 rings (SSSR count). The zero-order chi connectivity index (χ0) is 20.5. The van der Waals surface area contributed by atoms with Gasteiger partial charge in [-0.2, -0.15) is 13.2 Å². The number of nitrogens with one attached hydrogen (secondary N) is 1. The number of hydrogen-bond donors (Lipinski definition) is 1. The highest BCUT2D eigenvalue weighted by atomic mass is 32.2. The number of hydrogen-bond acceptors (Lipinski definition) is 1. The van der Waals surface area contributed by atoms with Crippen molar-refractivity contribution in [3.8, 4) is 0 Å². The van der Waals surface area contributed by atoms with Gasteiger partial charge in [0, 0.05) is 29.2 Å². The van der Waals surface area contributed by atoms with Crippen molar-refractivity contribution in [1.29, 1.82) is 0 Å². The summed E-state index contributed by atoms with van der Waals surface area (Å²) < 4.78 is 57.5. The van der Waals surface area contributed by atoms with E-state index in [1.165, 1.54) is 6.20 Å². The molecule has 0 radical (unpaired) electrons. The number of halogens is 3. The van der Waals surface area contributed by atoms with Crippen molar-refractivity contribution in [3.63, 3.8) is 0 Å². The molecule has 0 amide bonds. The first-order valence-corrected chi connectivity index (χ1v) is 10.1. The van der Waals surface area contributed by atoms with Gasteiger partial charge in [-0.1, -0.05) is 48.5 Å². The Morgan fingerprint density at radius 2 is 1.61 bits per heavy atom. The Bertz CT molecular complexity index is 975. The third-order valence-corrected chi connectivity index (χ3v) is 6.00. The molecular weight excluding hydrogens is 385 g/mol. The number of aromatic nitrogens is 1. The normalized spacial score (nSPS) is 14.9. The molecule has 28 heavy (non-hydrogen) atoms. The number of benzene rings is 2. The monoisotopic (exact) mass is 408 g/mol. The van der Waals surface area contributed by atoms with Crippen molar-refractivity contribution < 1.29 is 17.4 Å². The first-order chi connectivity index (χ1) is 13.1. The van der Waals surface area contributed by atoms with E-state index in [1.54, 1.807) is 49.6 Å². The van der Waals surface area contributed by atoms with Crippen molar-refractivity contribution in [3.05, 3.63) is 71.9 Å². The number of nitrogens with zero attached hydrogens (tertiary/aromatic N) is 1. The van der Waals surface area contributed by atoms with E-state index in [-0.39, 0.29) is 5.56 Å². The summed E-state index contributed by atoms with van der Waals surface area (Å²) in [6.07, 6.45) is -3.06. The van der Waals surface area contributed by atoms with Crippen LogP contribution in [-0.2, 0) is 17.5 Å². The Kier molecular flexibility index (Phi) is 5.68. The van der Waals surface area contributed by atoms with Gasteiger partial charge >= 0.3 is 6.18 Å².